The van der Waals surface area contributed by atoms with Gasteiger partial charge in [0.1, 0.15) is 17.3 Å². The van der Waals surface area contributed by atoms with Gasteiger partial charge in [0.05, 0.1) is 19.9 Å². The Hall–Kier alpha value is -2.04. The largest absolute Gasteiger partial charge is 0.496 e. The molecule has 0 saturated heterocycles. The van der Waals surface area contributed by atoms with Crippen LogP contribution in [-0.4, -0.2) is 25.9 Å². The van der Waals surface area contributed by atoms with Crippen molar-refractivity contribution in [3.63, 3.8) is 0 Å². The number of carbonyl (C=O) groups excluding carboxylic acids is 2. The van der Waals surface area contributed by atoms with Crippen molar-refractivity contribution in [3.05, 3.63) is 17.7 Å². The van der Waals surface area contributed by atoms with Crippen LogP contribution in [0.2, 0.25) is 0 Å². The molecule has 0 aromatic heterocycles. The molecule has 5 nitrogen and oxygen atoms in total. The van der Waals surface area contributed by atoms with Crippen LogP contribution in [0.15, 0.2) is 12.1 Å². The number of rotatable bonds is 6. The summed E-state index contributed by atoms with van der Waals surface area (Å²) in [5.41, 5.74) is 1.46. The van der Waals surface area contributed by atoms with Crippen LogP contribution in [0.4, 0.5) is 5.69 Å². The maximum Gasteiger partial charge on any atom is 0.224 e. The first-order valence-electron chi connectivity index (χ1n) is 5.99. The molecule has 0 spiro atoms. The van der Waals surface area contributed by atoms with E-state index in [-0.39, 0.29) is 24.5 Å². The Bertz CT molecular complexity index is 483. The molecular weight excluding hydrogens is 246 g/mol. The first kappa shape index (κ1) is 15.0. The Labute approximate surface area is 112 Å². The number of hydrogen-bond acceptors (Lipinski definition) is 4. The number of carbonyl (C=O) groups is 2. The molecule has 1 aromatic rings. The Morgan fingerprint density at radius 1 is 1.11 bits per heavy atom. The van der Waals surface area contributed by atoms with Gasteiger partial charge in [-0.1, -0.05) is 0 Å². The number of benzene rings is 1. The molecule has 104 valence electrons. The highest BCUT2D eigenvalue weighted by Crippen LogP contribution is 2.32. The predicted octanol–water partition coefficient (Wildman–Crippen LogP) is 2.32. The molecule has 0 saturated carbocycles. The van der Waals surface area contributed by atoms with Gasteiger partial charge in [-0.2, -0.15) is 0 Å². The highest BCUT2D eigenvalue weighted by atomic mass is 16.5. The SMILES string of the molecule is COc1cc(NC(=O)CCC(C)=O)c(OC)cc1C. The van der Waals surface area contributed by atoms with Crippen LogP contribution in [0.3, 0.4) is 0 Å². The van der Waals surface area contributed by atoms with Gasteiger partial charge in [0, 0.05) is 18.9 Å². The van der Waals surface area contributed by atoms with Crippen molar-refractivity contribution >= 4 is 17.4 Å². The van der Waals surface area contributed by atoms with Gasteiger partial charge in [0.15, 0.2) is 0 Å². The van der Waals surface area contributed by atoms with Crippen molar-refractivity contribution in [2.24, 2.45) is 0 Å². The number of ketones is 1. The standard InChI is InChI=1S/C14H19NO4/c1-9-7-13(19-4)11(8-12(9)18-3)15-14(17)6-5-10(2)16/h7-8H,5-6H2,1-4H3,(H,15,17). The summed E-state index contributed by atoms with van der Waals surface area (Å²) in [7, 11) is 3.10. The first-order chi connectivity index (χ1) is 8.97. The second-order valence-corrected chi connectivity index (χ2v) is 4.27. The molecule has 0 aliphatic carbocycles. The topological polar surface area (TPSA) is 64.6 Å². The van der Waals surface area contributed by atoms with Crippen LogP contribution >= 0.6 is 0 Å². The van der Waals surface area contributed by atoms with Crippen molar-refractivity contribution < 1.29 is 19.1 Å². The van der Waals surface area contributed by atoms with Gasteiger partial charge in [-0.05, 0) is 25.5 Å². The van der Waals surface area contributed by atoms with E-state index < -0.39 is 0 Å². The average Bonchev–Trinajstić information content (AvgIpc) is 2.37. The maximum absolute atomic E-state index is 11.7. The lowest BCUT2D eigenvalue weighted by Gasteiger charge is -2.13. The Morgan fingerprint density at radius 2 is 1.74 bits per heavy atom. The van der Waals surface area contributed by atoms with E-state index in [4.69, 9.17) is 9.47 Å². The zero-order valence-corrected chi connectivity index (χ0v) is 11.7. The highest BCUT2D eigenvalue weighted by molar-refractivity contribution is 5.94. The van der Waals surface area contributed by atoms with Gasteiger partial charge >= 0.3 is 0 Å². The quantitative estimate of drug-likeness (QED) is 0.857. The summed E-state index contributed by atoms with van der Waals surface area (Å²) < 4.78 is 10.4. The number of Topliss-reactive ketones (excluding diaryl/α,β-unsaturated/α-hetero) is 1. The molecule has 1 rings (SSSR count). The first-order valence-corrected chi connectivity index (χ1v) is 5.99. The molecular formula is C14H19NO4. The molecule has 0 fully saturated rings. The normalized spacial score (nSPS) is 9.89. The van der Waals surface area contributed by atoms with Crippen LogP contribution in [-0.2, 0) is 9.59 Å². The van der Waals surface area contributed by atoms with E-state index in [1.54, 1.807) is 19.2 Å². The van der Waals surface area contributed by atoms with Gasteiger partial charge in [0.25, 0.3) is 0 Å². The summed E-state index contributed by atoms with van der Waals surface area (Å²) in [6.45, 7) is 3.35. The minimum atomic E-state index is -0.223. The molecule has 1 aromatic carbocycles. The van der Waals surface area contributed by atoms with Crippen molar-refractivity contribution in [1.82, 2.24) is 0 Å². The maximum atomic E-state index is 11.7. The molecule has 0 aliphatic heterocycles. The van der Waals surface area contributed by atoms with E-state index in [1.165, 1.54) is 14.0 Å². The smallest absolute Gasteiger partial charge is 0.224 e. The zero-order chi connectivity index (χ0) is 14.4. The fraction of sp³-hybridized carbons (Fsp3) is 0.429. The lowest BCUT2D eigenvalue weighted by molar-refractivity contribution is -0.121. The molecule has 5 heteroatoms. The van der Waals surface area contributed by atoms with E-state index in [0.717, 1.165) is 5.56 Å². The van der Waals surface area contributed by atoms with Crippen molar-refractivity contribution in [2.75, 3.05) is 19.5 Å². The number of aryl methyl sites for hydroxylation is 1. The molecule has 19 heavy (non-hydrogen) atoms. The van der Waals surface area contributed by atoms with Gasteiger partial charge < -0.3 is 19.6 Å². The molecule has 1 N–H and O–H groups in total. The van der Waals surface area contributed by atoms with Gasteiger partial charge in [-0.3, -0.25) is 4.79 Å². The zero-order valence-electron chi connectivity index (χ0n) is 11.7. The van der Waals surface area contributed by atoms with E-state index in [2.05, 4.69) is 5.32 Å². The highest BCUT2D eigenvalue weighted by Gasteiger charge is 2.11. The fourth-order valence-electron chi connectivity index (χ4n) is 1.65. The minimum absolute atomic E-state index is 0.0106. The lowest BCUT2D eigenvalue weighted by atomic mass is 10.1. The summed E-state index contributed by atoms with van der Waals surface area (Å²) in [6, 6.07) is 3.50. The fourth-order valence-corrected chi connectivity index (χ4v) is 1.65. The lowest BCUT2D eigenvalue weighted by Crippen LogP contribution is -2.13. The summed E-state index contributed by atoms with van der Waals surface area (Å²) in [6.07, 6.45) is 0.395. The van der Waals surface area contributed by atoms with Gasteiger partial charge in [-0.15, -0.1) is 0 Å². The summed E-state index contributed by atoms with van der Waals surface area (Å²) in [5, 5.41) is 2.72. The third-order valence-corrected chi connectivity index (χ3v) is 2.70. The van der Waals surface area contributed by atoms with Crippen molar-refractivity contribution in [2.45, 2.75) is 26.7 Å². The van der Waals surface area contributed by atoms with Crippen LogP contribution in [0.1, 0.15) is 25.3 Å². The van der Waals surface area contributed by atoms with Crippen LogP contribution < -0.4 is 14.8 Å². The van der Waals surface area contributed by atoms with Crippen molar-refractivity contribution in [3.8, 4) is 11.5 Å². The van der Waals surface area contributed by atoms with Crippen molar-refractivity contribution in [1.29, 1.82) is 0 Å². The minimum Gasteiger partial charge on any atom is -0.496 e. The number of anilines is 1. The Morgan fingerprint density at radius 3 is 2.26 bits per heavy atom. The third kappa shape index (κ3) is 4.28. The average molecular weight is 265 g/mol. The number of hydrogen-bond donors (Lipinski definition) is 1. The molecule has 0 unspecified atom stereocenters. The van der Waals surface area contributed by atoms with E-state index >= 15 is 0 Å². The number of ether oxygens (including phenoxy) is 2. The summed E-state index contributed by atoms with van der Waals surface area (Å²) in [5.74, 6) is 1.00. The Kier molecular flexibility index (Phi) is 5.36. The van der Waals surface area contributed by atoms with Crippen LogP contribution in [0, 0.1) is 6.92 Å². The second kappa shape index (κ2) is 6.78. The van der Waals surface area contributed by atoms with Crippen LogP contribution in [0.5, 0.6) is 11.5 Å². The monoisotopic (exact) mass is 265 g/mol. The third-order valence-electron chi connectivity index (χ3n) is 2.70. The van der Waals surface area contributed by atoms with E-state index in [0.29, 0.717) is 17.2 Å². The van der Waals surface area contributed by atoms with Crippen LogP contribution in [0.25, 0.3) is 0 Å². The number of amides is 1. The van der Waals surface area contributed by atoms with E-state index in [9.17, 15) is 9.59 Å². The van der Waals surface area contributed by atoms with Gasteiger partial charge in [-0.25, -0.2) is 0 Å². The molecule has 0 atom stereocenters. The summed E-state index contributed by atoms with van der Waals surface area (Å²) in [4.78, 5) is 22.6. The second-order valence-electron chi connectivity index (χ2n) is 4.27. The van der Waals surface area contributed by atoms with E-state index in [1.807, 2.05) is 6.92 Å². The molecule has 0 bridgehead atoms. The molecule has 0 heterocycles. The molecule has 1 amide bonds. The number of nitrogens with one attached hydrogen (secondary N) is 1. The molecule has 0 aliphatic rings. The number of methoxy groups -OCH3 is 2. The molecule has 0 radical (unpaired) electrons. The van der Waals surface area contributed by atoms with Gasteiger partial charge in [0.2, 0.25) is 5.91 Å². The predicted molar refractivity (Wildman–Crippen MR) is 72.8 cm³/mol. The Balaban J connectivity index is 2.86. The summed E-state index contributed by atoms with van der Waals surface area (Å²) >= 11 is 0.